The van der Waals surface area contributed by atoms with E-state index in [0.717, 1.165) is 6.07 Å². The average Bonchev–Trinajstić information content (AvgIpc) is 2.76. The van der Waals surface area contributed by atoms with Gasteiger partial charge in [0.2, 0.25) is 5.91 Å². The first-order chi connectivity index (χ1) is 9.85. The number of carbonyl (C=O) groups excluding carboxylic acids is 2. The Hall–Kier alpha value is -2.23. The fourth-order valence-corrected chi connectivity index (χ4v) is 3.58. The lowest BCUT2D eigenvalue weighted by atomic mass is 10.2. The molecule has 2 amide bonds. The average molecular weight is 314 g/mol. The van der Waals surface area contributed by atoms with E-state index in [0.29, 0.717) is 6.42 Å². The van der Waals surface area contributed by atoms with Gasteiger partial charge in [-0.1, -0.05) is 0 Å². The molecule has 1 aromatic rings. The van der Waals surface area contributed by atoms with E-state index in [9.17, 15) is 22.8 Å². The van der Waals surface area contributed by atoms with Crippen LogP contribution in [0.4, 0.5) is 0 Å². The zero-order valence-corrected chi connectivity index (χ0v) is 11.8. The minimum atomic E-state index is -3.07. The molecule has 1 aliphatic heterocycles. The fourth-order valence-electron chi connectivity index (χ4n) is 1.91. The van der Waals surface area contributed by atoms with Crippen LogP contribution in [0.5, 0.6) is 0 Å². The normalized spacial score (nSPS) is 19.9. The second-order valence-corrected chi connectivity index (χ2v) is 6.89. The summed E-state index contributed by atoms with van der Waals surface area (Å²) in [7, 11) is -3.07. The third-order valence-corrected chi connectivity index (χ3v) is 4.69. The summed E-state index contributed by atoms with van der Waals surface area (Å²) in [5.74, 6) is -1.10. The van der Waals surface area contributed by atoms with E-state index in [2.05, 4.69) is 20.8 Å². The Kier molecular flexibility index (Phi) is 4.36. The summed E-state index contributed by atoms with van der Waals surface area (Å²) < 4.78 is 22.5. The van der Waals surface area contributed by atoms with Gasteiger partial charge in [0.05, 0.1) is 18.1 Å². The molecular formula is C11H14N4O5S. The number of hydrogen-bond donors (Lipinski definition) is 3. The van der Waals surface area contributed by atoms with Crippen molar-refractivity contribution in [1.29, 1.82) is 0 Å². The van der Waals surface area contributed by atoms with Crippen LogP contribution >= 0.6 is 0 Å². The number of sulfone groups is 1. The molecule has 0 saturated carbocycles. The maximum atomic E-state index is 11.6. The molecule has 0 spiro atoms. The zero-order valence-electron chi connectivity index (χ0n) is 11.0. The molecule has 0 bridgehead atoms. The number of aromatic amines is 1. The number of hydrogen-bond acceptors (Lipinski definition) is 6. The van der Waals surface area contributed by atoms with Crippen LogP contribution in [0.2, 0.25) is 0 Å². The Morgan fingerprint density at radius 2 is 2.14 bits per heavy atom. The minimum Gasteiger partial charge on any atom is -0.351 e. The largest absolute Gasteiger partial charge is 0.351 e. The first-order valence-corrected chi connectivity index (χ1v) is 8.01. The summed E-state index contributed by atoms with van der Waals surface area (Å²) in [6, 6.07) is 1.96. The monoisotopic (exact) mass is 314 g/mol. The highest BCUT2D eigenvalue weighted by Gasteiger charge is 2.28. The van der Waals surface area contributed by atoms with Crippen LogP contribution in [0.1, 0.15) is 16.9 Å². The van der Waals surface area contributed by atoms with Crippen molar-refractivity contribution in [2.75, 3.05) is 18.1 Å². The summed E-state index contributed by atoms with van der Waals surface area (Å²) in [6.07, 6.45) is 0.378. The second-order valence-electron chi connectivity index (χ2n) is 4.66. The van der Waals surface area contributed by atoms with Crippen LogP contribution in [0.3, 0.4) is 0 Å². The Bertz CT molecular complexity index is 691. The van der Waals surface area contributed by atoms with E-state index in [1.54, 1.807) is 0 Å². The quantitative estimate of drug-likeness (QED) is 0.577. The van der Waals surface area contributed by atoms with Gasteiger partial charge in [-0.25, -0.2) is 13.5 Å². The van der Waals surface area contributed by atoms with Crippen molar-refractivity contribution in [3.8, 4) is 0 Å². The summed E-state index contributed by atoms with van der Waals surface area (Å²) in [6.45, 7) is -0.295. The molecule has 114 valence electrons. The number of carbonyl (C=O) groups is 2. The number of amides is 2. The van der Waals surface area contributed by atoms with E-state index < -0.39 is 33.3 Å². The topological polar surface area (TPSA) is 138 Å². The Morgan fingerprint density at radius 3 is 2.71 bits per heavy atom. The Morgan fingerprint density at radius 1 is 1.38 bits per heavy atom. The van der Waals surface area contributed by atoms with Crippen molar-refractivity contribution < 1.29 is 18.0 Å². The SMILES string of the molecule is O=C(CNC(=O)c1ccc(=O)[nH]n1)NC1CCS(=O)(=O)C1. The molecule has 21 heavy (non-hydrogen) atoms. The molecule has 1 unspecified atom stereocenters. The van der Waals surface area contributed by atoms with Gasteiger partial charge in [0.15, 0.2) is 9.84 Å². The predicted octanol–water partition coefficient (Wildman–Crippen LogP) is -2.20. The van der Waals surface area contributed by atoms with Crippen LogP contribution in [0.15, 0.2) is 16.9 Å². The van der Waals surface area contributed by atoms with Gasteiger partial charge < -0.3 is 10.6 Å². The minimum absolute atomic E-state index is 0.0224. The molecule has 3 N–H and O–H groups in total. The first-order valence-electron chi connectivity index (χ1n) is 6.19. The van der Waals surface area contributed by atoms with Gasteiger partial charge in [-0.15, -0.1) is 0 Å². The van der Waals surface area contributed by atoms with Gasteiger partial charge in [0, 0.05) is 12.1 Å². The van der Waals surface area contributed by atoms with Crippen molar-refractivity contribution >= 4 is 21.7 Å². The van der Waals surface area contributed by atoms with Crippen LogP contribution in [-0.4, -0.2) is 54.5 Å². The van der Waals surface area contributed by atoms with Crippen LogP contribution in [-0.2, 0) is 14.6 Å². The van der Waals surface area contributed by atoms with E-state index in [1.165, 1.54) is 6.07 Å². The highest BCUT2D eigenvalue weighted by Crippen LogP contribution is 2.10. The number of rotatable bonds is 4. The molecule has 0 aromatic carbocycles. The third-order valence-electron chi connectivity index (χ3n) is 2.92. The maximum absolute atomic E-state index is 11.6. The molecule has 2 rings (SSSR count). The highest BCUT2D eigenvalue weighted by molar-refractivity contribution is 7.91. The molecule has 1 fully saturated rings. The van der Waals surface area contributed by atoms with E-state index in [-0.39, 0.29) is 23.7 Å². The van der Waals surface area contributed by atoms with Crippen LogP contribution < -0.4 is 16.2 Å². The smallest absolute Gasteiger partial charge is 0.272 e. The summed E-state index contributed by atoms with van der Waals surface area (Å²) in [4.78, 5) is 34.0. The molecule has 2 heterocycles. The molecule has 0 aliphatic carbocycles. The van der Waals surface area contributed by atoms with Crippen molar-refractivity contribution in [3.05, 3.63) is 28.2 Å². The molecular weight excluding hydrogens is 300 g/mol. The molecule has 1 aromatic heterocycles. The molecule has 1 atom stereocenters. The Labute approximate surface area is 120 Å². The van der Waals surface area contributed by atoms with Crippen molar-refractivity contribution in [2.45, 2.75) is 12.5 Å². The summed E-state index contributed by atoms with van der Waals surface area (Å²) in [5.41, 5.74) is -0.461. The highest BCUT2D eigenvalue weighted by atomic mass is 32.2. The molecule has 9 nitrogen and oxygen atoms in total. The number of H-pyrrole nitrogens is 1. The third kappa shape index (κ3) is 4.38. The fraction of sp³-hybridized carbons (Fsp3) is 0.455. The molecule has 1 aliphatic rings. The van der Waals surface area contributed by atoms with Crippen LogP contribution in [0.25, 0.3) is 0 Å². The molecule has 1 saturated heterocycles. The van der Waals surface area contributed by atoms with Gasteiger partial charge in [0.1, 0.15) is 5.69 Å². The van der Waals surface area contributed by atoms with E-state index in [1.807, 2.05) is 0 Å². The number of nitrogens with zero attached hydrogens (tertiary/aromatic N) is 1. The van der Waals surface area contributed by atoms with Gasteiger partial charge in [-0.05, 0) is 12.5 Å². The van der Waals surface area contributed by atoms with Gasteiger partial charge in [-0.2, -0.15) is 5.10 Å². The first kappa shape index (κ1) is 15.2. The summed E-state index contributed by atoms with van der Waals surface area (Å²) >= 11 is 0. The van der Waals surface area contributed by atoms with E-state index >= 15 is 0 Å². The lowest BCUT2D eigenvalue weighted by Gasteiger charge is -2.11. The number of nitrogens with one attached hydrogen (secondary N) is 3. The Balaban J connectivity index is 1.80. The van der Waals surface area contributed by atoms with Crippen molar-refractivity contribution in [1.82, 2.24) is 20.8 Å². The van der Waals surface area contributed by atoms with Crippen molar-refractivity contribution in [2.24, 2.45) is 0 Å². The van der Waals surface area contributed by atoms with Gasteiger partial charge >= 0.3 is 0 Å². The lowest BCUT2D eigenvalue weighted by Crippen LogP contribution is -2.42. The second kappa shape index (κ2) is 6.04. The molecule has 0 radical (unpaired) electrons. The van der Waals surface area contributed by atoms with Gasteiger partial charge in [-0.3, -0.25) is 14.4 Å². The van der Waals surface area contributed by atoms with Gasteiger partial charge in [0.25, 0.3) is 11.5 Å². The zero-order chi connectivity index (χ0) is 15.5. The van der Waals surface area contributed by atoms with E-state index in [4.69, 9.17) is 0 Å². The van der Waals surface area contributed by atoms with Crippen molar-refractivity contribution in [3.63, 3.8) is 0 Å². The predicted molar refractivity (Wildman–Crippen MR) is 72.4 cm³/mol. The lowest BCUT2D eigenvalue weighted by molar-refractivity contribution is -0.120. The summed E-state index contributed by atoms with van der Waals surface area (Å²) in [5, 5.41) is 10.5. The standard InChI is InChI=1S/C11H14N4O5S/c16-9-2-1-8(14-15-9)11(18)12-5-10(17)13-7-3-4-21(19,20)6-7/h1-2,7H,3-6H2,(H,12,18)(H,13,17)(H,15,16). The maximum Gasteiger partial charge on any atom is 0.272 e. The number of aromatic nitrogens is 2. The molecule has 10 heteroatoms. The van der Waals surface area contributed by atoms with Crippen LogP contribution in [0, 0.1) is 0 Å².